The first kappa shape index (κ1) is 13.0. The highest BCUT2D eigenvalue weighted by Gasteiger charge is 2.42. The number of nitro benzene ring substituents is 1. The summed E-state index contributed by atoms with van der Waals surface area (Å²) in [7, 11) is 0. The molecule has 2 aliphatic carbocycles. The molecule has 0 radical (unpaired) electrons. The summed E-state index contributed by atoms with van der Waals surface area (Å²) >= 11 is 0. The van der Waals surface area contributed by atoms with Crippen molar-refractivity contribution >= 4 is 11.6 Å². The molecule has 1 aromatic carbocycles. The second kappa shape index (κ2) is 4.85. The zero-order valence-corrected chi connectivity index (χ0v) is 10.8. The SMILES string of the molecule is O=C(NC(C1CC1)C1CC1)c1ccc(F)c([N+](=O)[O-])c1. The Morgan fingerprint density at radius 3 is 2.40 bits per heavy atom. The topological polar surface area (TPSA) is 72.2 Å². The van der Waals surface area contributed by atoms with Crippen LogP contribution in [-0.4, -0.2) is 16.9 Å². The first-order chi connectivity index (χ1) is 9.56. The normalized spacial score (nSPS) is 18.1. The number of nitro groups is 1. The fraction of sp³-hybridized carbons (Fsp3) is 0.500. The van der Waals surface area contributed by atoms with Gasteiger partial charge in [0.2, 0.25) is 5.82 Å². The van der Waals surface area contributed by atoms with E-state index in [1.54, 1.807) is 0 Å². The highest BCUT2D eigenvalue weighted by atomic mass is 19.1. The van der Waals surface area contributed by atoms with Crippen LogP contribution in [0.15, 0.2) is 18.2 Å². The summed E-state index contributed by atoms with van der Waals surface area (Å²) in [4.78, 5) is 22.0. The molecule has 2 aliphatic rings. The second-order valence-corrected chi connectivity index (χ2v) is 5.60. The van der Waals surface area contributed by atoms with Crippen LogP contribution in [0.5, 0.6) is 0 Å². The minimum atomic E-state index is -0.924. The largest absolute Gasteiger partial charge is 0.349 e. The van der Waals surface area contributed by atoms with Crippen LogP contribution in [0.25, 0.3) is 0 Å². The Hall–Kier alpha value is -1.98. The van der Waals surface area contributed by atoms with E-state index in [0.717, 1.165) is 37.8 Å². The third kappa shape index (κ3) is 2.64. The molecule has 0 unspecified atom stereocenters. The maximum absolute atomic E-state index is 13.2. The van der Waals surface area contributed by atoms with Crippen molar-refractivity contribution in [3.8, 4) is 0 Å². The van der Waals surface area contributed by atoms with Gasteiger partial charge in [-0.15, -0.1) is 0 Å². The summed E-state index contributed by atoms with van der Waals surface area (Å²) in [6.45, 7) is 0. The molecule has 5 nitrogen and oxygen atoms in total. The average molecular weight is 278 g/mol. The van der Waals surface area contributed by atoms with Crippen LogP contribution < -0.4 is 5.32 Å². The summed E-state index contributed by atoms with van der Waals surface area (Å²) in [5.74, 6) is -0.187. The van der Waals surface area contributed by atoms with E-state index in [2.05, 4.69) is 5.32 Å². The molecule has 0 bridgehead atoms. The molecule has 6 heteroatoms. The Morgan fingerprint density at radius 2 is 1.90 bits per heavy atom. The molecule has 2 saturated carbocycles. The zero-order valence-electron chi connectivity index (χ0n) is 10.8. The molecular weight excluding hydrogens is 263 g/mol. The molecule has 0 spiro atoms. The zero-order chi connectivity index (χ0) is 14.3. The monoisotopic (exact) mass is 278 g/mol. The fourth-order valence-corrected chi connectivity index (χ4v) is 2.56. The van der Waals surface area contributed by atoms with Gasteiger partial charge in [0.1, 0.15) is 0 Å². The van der Waals surface area contributed by atoms with Crippen LogP contribution in [0.3, 0.4) is 0 Å². The highest BCUT2D eigenvalue weighted by molar-refractivity contribution is 5.95. The van der Waals surface area contributed by atoms with E-state index < -0.39 is 16.4 Å². The lowest BCUT2D eigenvalue weighted by molar-refractivity contribution is -0.387. The van der Waals surface area contributed by atoms with Crippen molar-refractivity contribution in [3.05, 3.63) is 39.7 Å². The number of carbonyl (C=O) groups excluding carboxylic acids is 1. The van der Waals surface area contributed by atoms with Gasteiger partial charge in [0.25, 0.3) is 5.91 Å². The van der Waals surface area contributed by atoms with E-state index in [0.29, 0.717) is 11.8 Å². The number of hydrogen-bond donors (Lipinski definition) is 1. The van der Waals surface area contributed by atoms with E-state index in [4.69, 9.17) is 0 Å². The van der Waals surface area contributed by atoms with E-state index in [9.17, 15) is 19.3 Å². The van der Waals surface area contributed by atoms with E-state index in [-0.39, 0.29) is 17.5 Å². The Kier molecular flexibility index (Phi) is 3.16. The predicted octanol–water partition coefficient (Wildman–Crippen LogP) is 2.65. The lowest BCUT2D eigenvalue weighted by Crippen LogP contribution is -2.38. The molecule has 3 rings (SSSR count). The van der Waals surface area contributed by atoms with E-state index in [1.165, 1.54) is 6.07 Å². The molecule has 0 aromatic heterocycles. The van der Waals surface area contributed by atoms with Crippen molar-refractivity contribution in [1.29, 1.82) is 0 Å². The van der Waals surface area contributed by atoms with Gasteiger partial charge in [0, 0.05) is 17.7 Å². The van der Waals surface area contributed by atoms with Crippen molar-refractivity contribution in [2.45, 2.75) is 31.7 Å². The Balaban J connectivity index is 1.76. The minimum Gasteiger partial charge on any atom is -0.349 e. The number of rotatable bonds is 5. The van der Waals surface area contributed by atoms with Gasteiger partial charge in [-0.3, -0.25) is 14.9 Å². The number of halogens is 1. The summed E-state index contributed by atoms with van der Waals surface area (Å²) in [5, 5.41) is 13.6. The first-order valence-corrected chi connectivity index (χ1v) is 6.81. The number of nitrogens with one attached hydrogen (secondary N) is 1. The van der Waals surface area contributed by atoms with Crippen molar-refractivity contribution in [2.75, 3.05) is 0 Å². The number of hydrogen-bond acceptors (Lipinski definition) is 3. The van der Waals surface area contributed by atoms with Crippen LogP contribution in [0.2, 0.25) is 0 Å². The number of benzene rings is 1. The first-order valence-electron chi connectivity index (χ1n) is 6.81. The summed E-state index contributed by atoms with van der Waals surface area (Å²) in [5.41, 5.74) is -0.517. The van der Waals surface area contributed by atoms with Crippen molar-refractivity contribution in [1.82, 2.24) is 5.32 Å². The fourth-order valence-electron chi connectivity index (χ4n) is 2.56. The number of amides is 1. The van der Waals surface area contributed by atoms with Gasteiger partial charge in [-0.2, -0.15) is 4.39 Å². The number of carbonyl (C=O) groups is 1. The molecule has 0 atom stereocenters. The lowest BCUT2D eigenvalue weighted by Gasteiger charge is -2.17. The molecule has 0 saturated heterocycles. The van der Waals surface area contributed by atoms with Crippen LogP contribution >= 0.6 is 0 Å². The van der Waals surface area contributed by atoms with Gasteiger partial charge in [0.05, 0.1) is 4.92 Å². The molecule has 1 aromatic rings. The molecular formula is C14H15FN2O3. The van der Waals surface area contributed by atoms with Crippen molar-refractivity contribution in [2.24, 2.45) is 11.8 Å². The van der Waals surface area contributed by atoms with Crippen LogP contribution in [0.1, 0.15) is 36.0 Å². The quantitative estimate of drug-likeness (QED) is 0.664. The van der Waals surface area contributed by atoms with E-state index in [1.807, 2.05) is 0 Å². The Labute approximate surface area is 115 Å². The van der Waals surface area contributed by atoms with Gasteiger partial charge < -0.3 is 5.32 Å². The summed E-state index contributed by atoms with van der Waals surface area (Å²) < 4.78 is 13.2. The maximum Gasteiger partial charge on any atom is 0.305 e. The van der Waals surface area contributed by atoms with Gasteiger partial charge in [0.15, 0.2) is 0 Å². The summed E-state index contributed by atoms with van der Waals surface area (Å²) in [6.07, 6.45) is 4.52. The second-order valence-electron chi connectivity index (χ2n) is 5.60. The smallest absolute Gasteiger partial charge is 0.305 e. The molecule has 1 N–H and O–H groups in total. The highest BCUT2D eigenvalue weighted by Crippen LogP contribution is 2.44. The predicted molar refractivity (Wildman–Crippen MR) is 69.8 cm³/mol. The molecule has 0 aliphatic heterocycles. The van der Waals surface area contributed by atoms with Crippen LogP contribution in [-0.2, 0) is 0 Å². The molecule has 106 valence electrons. The third-order valence-corrected chi connectivity index (χ3v) is 3.96. The van der Waals surface area contributed by atoms with Crippen LogP contribution in [0.4, 0.5) is 10.1 Å². The minimum absolute atomic E-state index is 0.143. The maximum atomic E-state index is 13.2. The molecule has 1 amide bonds. The number of nitrogens with zero attached hydrogens (tertiary/aromatic N) is 1. The van der Waals surface area contributed by atoms with Gasteiger partial charge in [-0.1, -0.05) is 0 Å². The standard InChI is InChI=1S/C14H15FN2O3/c15-11-6-5-10(7-12(11)17(19)20)14(18)16-13(8-1-2-8)9-3-4-9/h5-9,13H,1-4H2,(H,16,18). The van der Waals surface area contributed by atoms with Gasteiger partial charge >= 0.3 is 5.69 Å². The van der Waals surface area contributed by atoms with Crippen molar-refractivity contribution in [3.63, 3.8) is 0 Å². The lowest BCUT2D eigenvalue weighted by atomic mass is 10.1. The van der Waals surface area contributed by atoms with Gasteiger partial charge in [-0.05, 0) is 49.7 Å². The molecule has 20 heavy (non-hydrogen) atoms. The van der Waals surface area contributed by atoms with Crippen LogP contribution in [0, 0.1) is 27.8 Å². The molecule has 0 heterocycles. The van der Waals surface area contributed by atoms with Gasteiger partial charge in [-0.25, -0.2) is 0 Å². The average Bonchev–Trinajstić information content (AvgIpc) is 3.28. The Bertz CT molecular complexity index is 556. The van der Waals surface area contributed by atoms with Crippen molar-refractivity contribution < 1.29 is 14.1 Å². The molecule has 2 fully saturated rings. The van der Waals surface area contributed by atoms with E-state index >= 15 is 0 Å². The Morgan fingerprint density at radius 1 is 1.30 bits per heavy atom. The summed E-state index contributed by atoms with van der Waals surface area (Å²) in [6, 6.07) is 3.43. The third-order valence-electron chi connectivity index (χ3n) is 3.96.